The van der Waals surface area contributed by atoms with Crippen molar-refractivity contribution >= 4 is 5.91 Å². The number of nitrogens with zero attached hydrogens (tertiary/aromatic N) is 1. The molecule has 1 saturated heterocycles. The molecule has 3 rings (SSSR count). The Labute approximate surface area is 108 Å². The predicted molar refractivity (Wildman–Crippen MR) is 71.1 cm³/mol. The average molecular weight is 244 g/mol. The molecule has 1 aromatic carbocycles. The van der Waals surface area contributed by atoms with Crippen LogP contribution in [0.25, 0.3) is 0 Å². The number of piperidine rings is 1. The normalized spacial score (nSPS) is 24.1. The molecule has 0 aromatic heterocycles. The first-order valence-corrected chi connectivity index (χ1v) is 6.85. The molecule has 1 fully saturated rings. The molecule has 2 N–H and O–H groups in total. The summed E-state index contributed by atoms with van der Waals surface area (Å²) in [4.78, 5) is 14.5. The van der Waals surface area contributed by atoms with Crippen LogP contribution in [-0.2, 0) is 17.6 Å². The van der Waals surface area contributed by atoms with E-state index in [1.165, 1.54) is 11.1 Å². The summed E-state index contributed by atoms with van der Waals surface area (Å²) < 4.78 is 0. The zero-order chi connectivity index (χ0) is 12.5. The average Bonchev–Trinajstić information content (AvgIpc) is 2.81. The Hall–Kier alpha value is -1.35. The lowest BCUT2D eigenvalue weighted by atomic mass is 10.0. The van der Waals surface area contributed by atoms with Crippen molar-refractivity contribution in [3.8, 4) is 0 Å². The number of hydrogen-bond acceptors (Lipinski definition) is 2. The fraction of sp³-hybridized carbons (Fsp3) is 0.533. The number of nitrogens with two attached hydrogens (primary N) is 1. The van der Waals surface area contributed by atoms with E-state index in [-0.39, 0.29) is 12.0 Å². The summed E-state index contributed by atoms with van der Waals surface area (Å²) in [5.41, 5.74) is 8.64. The Morgan fingerprint density at radius 3 is 2.50 bits per heavy atom. The van der Waals surface area contributed by atoms with Gasteiger partial charge < -0.3 is 10.6 Å². The third-order valence-corrected chi connectivity index (χ3v) is 4.17. The summed E-state index contributed by atoms with van der Waals surface area (Å²) >= 11 is 0. The Kier molecular flexibility index (Phi) is 3.08. The van der Waals surface area contributed by atoms with Gasteiger partial charge in [-0.1, -0.05) is 24.3 Å². The molecule has 0 bridgehead atoms. The Balaban J connectivity index is 1.68. The summed E-state index contributed by atoms with van der Waals surface area (Å²) in [6.45, 7) is 1.63. The van der Waals surface area contributed by atoms with Crippen LogP contribution in [-0.4, -0.2) is 29.9 Å². The smallest absolute Gasteiger partial charge is 0.226 e. The fourth-order valence-electron chi connectivity index (χ4n) is 3.20. The maximum atomic E-state index is 12.5. The largest absolute Gasteiger partial charge is 0.341 e. The third-order valence-electron chi connectivity index (χ3n) is 4.17. The lowest BCUT2D eigenvalue weighted by Gasteiger charge is -2.32. The molecule has 1 amide bonds. The second-order valence-electron chi connectivity index (χ2n) is 5.56. The van der Waals surface area contributed by atoms with Gasteiger partial charge in [-0.2, -0.15) is 0 Å². The number of likely N-dealkylation sites (tertiary alicyclic amines) is 1. The molecular formula is C15H20N2O. The van der Waals surface area contributed by atoms with Gasteiger partial charge in [-0.25, -0.2) is 0 Å². The van der Waals surface area contributed by atoms with Crippen LogP contribution < -0.4 is 5.73 Å². The number of rotatable bonds is 1. The number of hydrogen-bond donors (Lipinski definition) is 1. The molecule has 1 aliphatic heterocycles. The summed E-state index contributed by atoms with van der Waals surface area (Å²) in [5.74, 6) is 0.453. The third kappa shape index (κ3) is 2.15. The van der Waals surface area contributed by atoms with Crippen LogP contribution in [0.3, 0.4) is 0 Å². The minimum absolute atomic E-state index is 0.146. The van der Waals surface area contributed by atoms with Gasteiger partial charge in [0.05, 0.1) is 0 Å². The van der Waals surface area contributed by atoms with E-state index in [1.54, 1.807) is 0 Å². The highest BCUT2D eigenvalue weighted by Crippen LogP contribution is 2.28. The van der Waals surface area contributed by atoms with E-state index in [1.807, 2.05) is 4.90 Å². The zero-order valence-corrected chi connectivity index (χ0v) is 10.6. The van der Waals surface area contributed by atoms with Gasteiger partial charge in [0.1, 0.15) is 0 Å². The SMILES string of the molecule is N[C@@H]1CCCN(C(=O)C2Cc3ccccc3C2)C1. The highest BCUT2D eigenvalue weighted by Gasteiger charge is 2.32. The maximum Gasteiger partial charge on any atom is 0.226 e. The highest BCUT2D eigenvalue weighted by atomic mass is 16.2. The van der Waals surface area contributed by atoms with Crippen LogP contribution in [0.5, 0.6) is 0 Å². The topological polar surface area (TPSA) is 46.3 Å². The van der Waals surface area contributed by atoms with Gasteiger partial charge in [-0.05, 0) is 36.8 Å². The molecule has 3 nitrogen and oxygen atoms in total. The Morgan fingerprint density at radius 1 is 1.22 bits per heavy atom. The molecule has 1 atom stereocenters. The molecule has 18 heavy (non-hydrogen) atoms. The molecule has 3 heteroatoms. The monoisotopic (exact) mass is 244 g/mol. The number of fused-ring (bicyclic) bond motifs is 1. The van der Waals surface area contributed by atoms with Gasteiger partial charge in [-0.3, -0.25) is 4.79 Å². The maximum absolute atomic E-state index is 12.5. The van der Waals surface area contributed by atoms with Crippen LogP contribution >= 0.6 is 0 Å². The molecule has 0 saturated carbocycles. The molecule has 1 aromatic rings. The summed E-state index contributed by atoms with van der Waals surface area (Å²) in [6.07, 6.45) is 3.91. The van der Waals surface area contributed by atoms with Crippen LogP contribution in [0.4, 0.5) is 0 Å². The van der Waals surface area contributed by atoms with Crippen molar-refractivity contribution in [3.63, 3.8) is 0 Å². The van der Waals surface area contributed by atoms with Crippen molar-refractivity contribution < 1.29 is 4.79 Å². The lowest BCUT2D eigenvalue weighted by Crippen LogP contribution is -2.47. The Morgan fingerprint density at radius 2 is 1.89 bits per heavy atom. The van der Waals surface area contributed by atoms with Crippen molar-refractivity contribution in [1.82, 2.24) is 4.90 Å². The van der Waals surface area contributed by atoms with Crippen LogP contribution in [0.15, 0.2) is 24.3 Å². The molecule has 0 unspecified atom stereocenters. The van der Waals surface area contributed by atoms with Gasteiger partial charge in [0.15, 0.2) is 0 Å². The molecule has 1 heterocycles. The van der Waals surface area contributed by atoms with E-state index < -0.39 is 0 Å². The molecule has 2 aliphatic rings. The molecular weight excluding hydrogens is 224 g/mol. The number of carbonyl (C=O) groups is 1. The predicted octanol–water partition coefficient (Wildman–Crippen LogP) is 1.35. The van der Waals surface area contributed by atoms with Crippen LogP contribution in [0.1, 0.15) is 24.0 Å². The molecule has 0 radical (unpaired) electrons. The minimum atomic E-state index is 0.146. The minimum Gasteiger partial charge on any atom is -0.341 e. The van der Waals surface area contributed by atoms with Crippen LogP contribution in [0.2, 0.25) is 0 Å². The van der Waals surface area contributed by atoms with Crippen molar-refractivity contribution in [2.45, 2.75) is 31.7 Å². The molecule has 96 valence electrons. The van der Waals surface area contributed by atoms with Gasteiger partial charge in [0.25, 0.3) is 0 Å². The number of amides is 1. The fourth-order valence-corrected chi connectivity index (χ4v) is 3.20. The quantitative estimate of drug-likeness (QED) is 0.810. The van der Waals surface area contributed by atoms with E-state index in [0.717, 1.165) is 38.8 Å². The summed E-state index contributed by atoms with van der Waals surface area (Å²) in [5, 5.41) is 0. The summed E-state index contributed by atoms with van der Waals surface area (Å²) in [6, 6.07) is 8.58. The Bertz CT molecular complexity index is 433. The van der Waals surface area contributed by atoms with E-state index >= 15 is 0 Å². The van der Waals surface area contributed by atoms with E-state index in [9.17, 15) is 4.79 Å². The second-order valence-corrected chi connectivity index (χ2v) is 5.56. The van der Waals surface area contributed by atoms with E-state index in [2.05, 4.69) is 24.3 Å². The van der Waals surface area contributed by atoms with Gasteiger partial charge in [-0.15, -0.1) is 0 Å². The van der Waals surface area contributed by atoms with E-state index in [0.29, 0.717) is 5.91 Å². The number of benzene rings is 1. The van der Waals surface area contributed by atoms with Gasteiger partial charge in [0.2, 0.25) is 5.91 Å². The van der Waals surface area contributed by atoms with Crippen molar-refractivity contribution in [1.29, 1.82) is 0 Å². The van der Waals surface area contributed by atoms with Crippen LogP contribution in [0, 0.1) is 5.92 Å². The van der Waals surface area contributed by atoms with Gasteiger partial charge >= 0.3 is 0 Å². The van der Waals surface area contributed by atoms with Crippen molar-refractivity contribution in [2.24, 2.45) is 11.7 Å². The first kappa shape index (κ1) is 11.7. The van der Waals surface area contributed by atoms with E-state index in [4.69, 9.17) is 5.73 Å². The lowest BCUT2D eigenvalue weighted by molar-refractivity contribution is -0.136. The van der Waals surface area contributed by atoms with Gasteiger partial charge in [0, 0.05) is 25.0 Å². The first-order chi connectivity index (χ1) is 8.74. The van der Waals surface area contributed by atoms with Crippen molar-refractivity contribution in [2.75, 3.05) is 13.1 Å². The zero-order valence-electron chi connectivity index (χ0n) is 10.6. The summed E-state index contributed by atoms with van der Waals surface area (Å²) in [7, 11) is 0. The highest BCUT2D eigenvalue weighted by molar-refractivity contribution is 5.80. The standard InChI is InChI=1S/C15H20N2O/c16-14-6-3-7-17(10-14)15(18)13-8-11-4-1-2-5-12(11)9-13/h1-2,4-5,13-14H,3,6-10,16H2/t14-/m1/s1. The molecule has 0 spiro atoms. The first-order valence-electron chi connectivity index (χ1n) is 6.85. The molecule has 1 aliphatic carbocycles. The second kappa shape index (κ2) is 4.73. The number of carbonyl (C=O) groups excluding carboxylic acids is 1. The van der Waals surface area contributed by atoms with Crippen molar-refractivity contribution in [3.05, 3.63) is 35.4 Å².